The highest BCUT2D eigenvalue weighted by Gasteiger charge is 2.27. The van der Waals surface area contributed by atoms with Crippen LogP contribution in [0.25, 0.3) is 0 Å². The van der Waals surface area contributed by atoms with Gasteiger partial charge in [-0.15, -0.1) is 0 Å². The van der Waals surface area contributed by atoms with E-state index in [0.29, 0.717) is 24.5 Å². The Kier molecular flexibility index (Phi) is 6.09. The van der Waals surface area contributed by atoms with E-state index in [4.69, 9.17) is 18.0 Å². The highest BCUT2D eigenvalue weighted by molar-refractivity contribution is 7.89. The molecule has 0 aromatic carbocycles. The minimum Gasteiger partial charge on any atom is -0.393 e. The molecule has 1 aromatic rings. The first-order chi connectivity index (χ1) is 9.27. The topological polar surface area (TPSA) is 81.2 Å². The van der Waals surface area contributed by atoms with Gasteiger partial charge in [0.25, 0.3) is 10.0 Å². The summed E-state index contributed by atoms with van der Waals surface area (Å²) in [5.41, 5.74) is 5.47. The second-order valence-corrected chi connectivity index (χ2v) is 7.42. The van der Waals surface area contributed by atoms with E-state index in [1.165, 1.54) is 10.6 Å². The molecule has 0 fully saturated rings. The van der Waals surface area contributed by atoms with Crippen molar-refractivity contribution >= 4 is 27.2 Å². The average Bonchev–Trinajstić information content (AvgIpc) is 2.83. The maximum atomic E-state index is 12.6. The van der Waals surface area contributed by atoms with Crippen LogP contribution in [0.4, 0.5) is 0 Å². The molecule has 1 aromatic heterocycles. The lowest BCUT2D eigenvalue weighted by Gasteiger charge is -2.22. The molecule has 1 rings (SSSR count). The number of hydrogen-bond acceptors (Lipinski definition) is 4. The summed E-state index contributed by atoms with van der Waals surface area (Å²) in [5, 5.41) is 0.0722. The normalized spacial score (nSPS) is 12.2. The largest absolute Gasteiger partial charge is 0.393 e. The van der Waals surface area contributed by atoms with Crippen LogP contribution >= 0.6 is 12.2 Å². The molecule has 0 aliphatic rings. The molecule has 0 amide bonds. The van der Waals surface area contributed by atoms with Gasteiger partial charge in [0, 0.05) is 32.3 Å². The smallest absolute Gasteiger partial charge is 0.262 e. The number of rotatable bonds is 8. The third kappa shape index (κ3) is 4.53. The minimum absolute atomic E-state index is 0.0722. The Labute approximate surface area is 126 Å². The van der Waals surface area contributed by atoms with Gasteiger partial charge in [-0.05, 0) is 12.8 Å². The van der Waals surface area contributed by atoms with Crippen LogP contribution < -0.4 is 5.73 Å². The maximum absolute atomic E-state index is 12.6. The van der Waals surface area contributed by atoms with E-state index >= 15 is 0 Å². The summed E-state index contributed by atoms with van der Waals surface area (Å²) in [5.74, 6) is 0.212. The van der Waals surface area contributed by atoms with Gasteiger partial charge in [-0.3, -0.25) is 0 Å². The molecular formula is C12H22N4O2S2. The molecule has 114 valence electrons. The van der Waals surface area contributed by atoms with Gasteiger partial charge in [0.15, 0.2) is 5.03 Å². The summed E-state index contributed by atoms with van der Waals surface area (Å²) >= 11 is 4.83. The predicted molar refractivity (Wildman–Crippen MR) is 82.9 cm³/mol. The Hall–Kier alpha value is -0.990. The van der Waals surface area contributed by atoms with Crippen LogP contribution in [0, 0.1) is 5.92 Å². The van der Waals surface area contributed by atoms with E-state index in [1.54, 1.807) is 10.8 Å². The van der Waals surface area contributed by atoms with Crippen molar-refractivity contribution in [2.75, 3.05) is 13.1 Å². The highest BCUT2D eigenvalue weighted by atomic mass is 32.2. The molecule has 0 radical (unpaired) electrons. The molecule has 20 heavy (non-hydrogen) atoms. The second kappa shape index (κ2) is 7.14. The Morgan fingerprint density at radius 2 is 2.20 bits per heavy atom. The highest BCUT2D eigenvalue weighted by Crippen LogP contribution is 2.15. The summed E-state index contributed by atoms with van der Waals surface area (Å²) in [6.07, 6.45) is 3.44. The molecule has 0 bridgehead atoms. The molecule has 0 aliphatic carbocycles. The Morgan fingerprint density at radius 1 is 1.55 bits per heavy atom. The van der Waals surface area contributed by atoms with Crippen molar-refractivity contribution in [2.45, 2.75) is 38.8 Å². The molecule has 6 nitrogen and oxygen atoms in total. The van der Waals surface area contributed by atoms with Gasteiger partial charge in [-0.1, -0.05) is 26.1 Å². The van der Waals surface area contributed by atoms with Crippen LogP contribution in [-0.4, -0.2) is 40.4 Å². The molecule has 0 atom stereocenters. The molecule has 8 heteroatoms. The summed E-state index contributed by atoms with van der Waals surface area (Å²) in [6.45, 7) is 7.25. The van der Waals surface area contributed by atoms with Gasteiger partial charge in [0.05, 0.1) is 11.3 Å². The Morgan fingerprint density at radius 3 is 2.65 bits per heavy atom. The summed E-state index contributed by atoms with van der Waals surface area (Å²) < 4.78 is 28.3. The van der Waals surface area contributed by atoms with E-state index in [1.807, 2.05) is 20.8 Å². The standard InChI is InChI=1S/C12H22N4O2S2/c1-4-15-8-12(14-9-15)20(17,18)16(7-10(2)3)6-5-11(13)19/h8-10H,4-7H2,1-3H3,(H2,13,19). The number of nitrogens with zero attached hydrogens (tertiary/aromatic N) is 3. The van der Waals surface area contributed by atoms with Gasteiger partial charge < -0.3 is 10.3 Å². The fraction of sp³-hybridized carbons (Fsp3) is 0.667. The minimum atomic E-state index is -3.59. The number of aryl methyl sites for hydroxylation is 1. The Bertz CT molecular complexity index is 552. The quantitative estimate of drug-likeness (QED) is 0.729. The third-order valence-electron chi connectivity index (χ3n) is 2.76. The molecule has 1 heterocycles. The maximum Gasteiger partial charge on any atom is 0.262 e. The monoisotopic (exact) mass is 318 g/mol. The van der Waals surface area contributed by atoms with Crippen LogP contribution in [0.2, 0.25) is 0 Å². The fourth-order valence-electron chi connectivity index (χ4n) is 1.73. The molecule has 0 saturated carbocycles. The number of thiocarbonyl (C=S) groups is 1. The average molecular weight is 318 g/mol. The van der Waals surface area contributed by atoms with Gasteiger partial charge in [-0.25, -0.2) is 13.4 Å². The molecule has 0 saturated heterocycles. The van der Waals surface area contributed by atoms with Crippen molar-refractivity contribution in [1.82, 2.24) is 13.9 Å². The van der Waals surface area contributed by atoms with Crippen LogP contribution in [-0.2, 0) is 16.6 Å². The van der Waals surface area contributed by atoms with Crippen LogP contribution in [0.15, 0.2) is 17.6 Å². The van der Waals surface area contributed by atoms with Gasteiger partial charge in [-0.2, -0.15) is 4.31 Å². The van der Waals surface area contributed by atoms with Crippen molar-refractivity contribution in [3.05, 3.63) is 12.5 Å². The zero-order valence-corrected chi connectivity index (χ0v) is 13.7. The summed E-state index contributed by atoms with van der Waals surface area (Å²) in [6, 6.07) is 0. The molecule has 0 spiro atoms. The number of sulfonamides is 1. The van der Waals surface area contributed by atoms with Gasteiger partial charge in [0.1, 0.15) is 0 Å². The van der Waals surface area contributed by atoms with Crippen LogP contribution in [0.5, 0.6) is 0 Å². The van der Waals surface area contributed by atoms with Crippen molar-refractivity contribution in [3.63, 3.8) is 0 Å². The fourth-order valence-corrected chi connectivity index (χ4v) is 3.36. The first kappa shape index (κ1) is 17.1. The van der Waals surface area contributed by atoms with Crippen molar-refractivity contribution < 1.29 is 8.42 Å². The molecule has 0 unspecified atom stereocenters. The second-order valence-electron chi connectivity index (χ2n) is 5.02. The third-order valence-corrected chi connectivity index (χ3v) is 4.71. The van der Waals surface area contributed by atoms with Crippen molar-refractivity contribution in [3.8, 4) is 0 Å². The number of imidazole rings is 1. The lowest BCUT2D eigenvalue weighted by molar-refractivity contribution is 0.373. The van der Waals surface area contributed by atoms with Crippen LogP contribution in [0.1, 0.15) is 27.2 Å². The number of nitrogens with two attached hydrogens (primary N) is 1. The lowest BCUT2D eigenvalue weighted by atomic mass is 10.2. The molecule has 2 N–H and O–H groups in total. The SMILES string of the molecule is CCn1cnc(S(=O)(=O)N(CCC(N)=S)CC(C)C)c1. The van der Waals surface area contributed by atoms with Crippen LogP contribution in [0.3, 0.4) is 0 Å². The van der Waals surface area contributed by atoms with E-state index in [-0.39, 0.29) is 17.5 Å². The first-order valence-corrected chi connectivity index (χ1v) is 8.42. The van der Waals surface area contributed by atoms with E-state index in [2.05, 4.69) is 4.98 Å². The summed E-state index contributed by atoms with van der Waals surface area (Å²) in [4.78, 5) is 4.30. The van der Waals surface area contributed by atoms with Gasteiger partial charge in [0.2, 0.25) is 0 Å². The van der Waals surface area contributed by atoms with Gasteiger partial charge >= 0.3 is 0 Å². The lowest BCUT2D eigenvalue weighted by Crippen LogP contribution is -2.36. The van der Waals surface area contributed by atoms with E-state index in [9.17, 15) is 8.42 Å². The van der Waals surface area contributed by atoms with Crippen molar-refractivity contribution in [1.29, 1.82) is 0 Å². The first-order valence-electron chi connectivity index (χ1n) is 6.57. The van der Waals surface area contributed by atoms with Crippen molar-refractivity contribution in [2.24, 2.45) is 11.7 Å². The Balaban J connectivity index is 2.99. The molecular weight excluding hydrogens is 296 g/mol. The zero-order valence-electron chi connectivity index (χ0n) is 12.1. The van der Waals surface area contributed by atoms with E-state index in [0.717, 1.165) is 0 Å². The van der Waals surface area contributed by atoms with E-state index < -0.39 is 10.0 Å². The molecule has 0 aliphatic heterocycles. The number of hydrogen-bond donors (Lipinski definition) is 1. The zero-order chi connectivity index (χ0) is 15.3. The number of aromatic nitrogens is 2. The summed E-state index contributed by atoms with van der Waals surface area (Å²) in [7, 11) is -3.59. The predicted octanol–water partition coefficient (Wildman–Crippen LogP) is 1.23.